The van der Waals surface area contributed by atoms with Crippen LogP contribution >= 0.6 is 12.4 Å². The van der Waals surface area contributed by atoms with Gasteiger partial charge < -0.3 is 26.0 Å². The van der Waals surface area contributed by atoms with Gasteiger partial charge in [-0.05, 0) is 37.2 Å². The Morgan fingerprint density at radius 1 is 1.13 bits per heavy atom. The fourth-order valence-corrected chi connectivity index (χ4v) is 3.35. The number of carbonyl (C=O) groups is 3. The molecule has 0 aliphatic carbocycles. The van der Waals surface area contributed by atoms with Gasteiger partial charge in [0.1, 0.15) is 12.6 Å². The summed E-state index contributed by atoms with van der Waals surface area (Å²) in [6.07, 6.45) is 2.53. The summed E-state index contributed by atoms with van der Waals surface area (Å²) in [6, 6.07) is 9.04. The quantitative estimate of drug-likeness (QED) is 0.507. The van der Waals surface area contributed by atoms with E-state index in [0.29, 0.717) is 38.4 Å². The minimum Gasteiger partial charge on any atom is -0.445 e. The lowest BCUT2D eigenvalue weighted by molar-refractivity contribution is -0.142. The molecule has 0 saturated carbocycles. The van der Waals surface area contributed by atoms with Crippen LogP contribution in [0.3, 0.4) is 0 Å². The fourth-order valence-electron chi connectivity index (χ4n) is 3.35. The van der Waals surface area contributed by atoms with Crippen molar-refractivity contribution >= 4 is 30.3 Å². The highest BCUT2D eigenvalue weighted by molar-refractivity contribution is 5.88. The number of rotatable bonds is 9. The van der Waals surface area contributed by atoms with Crippen molar-refractivity contribution in [3.8, 4) is 0 Å². The van der Waals surface area contributed by atoms with Crippen molar-refractivity contribution in [1.29, 1.82) is 0 Å². The lowest BCUT2D eigenvalue weighted by Crippen LogP contribution is -2.54. The second kappa shape index (κ2) is 13.8. The predicted molar refractivity (Wildman–Crippen MR) is 117 cm³/mol. The minimum atomic E-state index is -0.454. The first-order valence-corrected chi connectivity index (χ1v) is 10.2. The smallest absolute Gasteiger partial charge is 0.407 e. The van der Waals surface area contributed by atoms with E-state index in [1.165, 1.54) is 0 Å². The monoisotopic (exact) mass is 440 g/mol. The van der Waals surface area contributed by atoms with Crippen LogP contribution in [-0.2, 0) is 20.9 Å². The number of nitrogens with one attached hydrogen (secondary N) is 2. The van der Waals surface area contributed by atoms with Gasteiger partial charge in [-0.3, -0.25) is 9.59 Å². The molecule has 2 rings (SSSR count). The number of alkyl carbamates (subject to hydrolysis) is 1. The molecule has 1 saturated heterocycles. The number of benzene rings is 1. The molecule has 1 fully saturated rings. The molecule has 1 heterocycles. The number of amides is 3. The second-order valence-electron chi connectivity index (χ2n) is 7.42. The highest BCUT2D eigenvalue weighted by Gasteiger charge is 2.33. The Balaban J connectivity index is 0.00000450. The fraction of sp³-hybridized carbons (Fsp3) is 0.571. The highest BCUT2D eigenvalue weighted by Crippen LogP contribution is 2.22. The van der Waals surface area contributed by atoms with Gasteiger partial charge in [-0.2, -0.15) is 0 Å². The van der Waals surface area contributed by atoms with Crippen LogP contribution in [0, 0.1) is 5.92 Å². The molecule has 1 aromatic rings. The summed E-state index contributed by atoms with van der Waals surface area (Å²) in [7, 11) is 0. The molecule has 1 unspecified atom stereocenters. The molecule has 1 aliphatic heterocycles. The number of halogens is 1. The number of carbonyl (C=O) groups excluding carboxylic acids is 3. The average molecular weight is 441 g/mol. The van der Waals surface area contributed by atoms with Crippen molar-refractivity contribution in [2.75, 3.05) is 26.2 Å². The number of hydrogen-bond donors (Lipinski definition) is 3. The normalized spacial score (nSPS) is 18.1. The minimum absolute atomic E-state index is 0. The summed E-state index contributed by atoms with van der Waals surface area (Å²) < 4.78 is 5.14. The van der Waals surface area contributed by atoms with Crippen molar-refractivity contribution in [3.63, 3.8) is 0 Å². The molecule has 0 spiro atoms. The van der Waals surface area contributed by atoms with Crippen molar-refractivity contribution < 1.29 is 19.1 Å². The third kappa shape index (κ3) is 8.59. The van der Waals surface area contributed by atoms with E-state index in [9.17, 15) is 14.4 Å². The van der Waals surface area contributed by atoms with Crippen LogP contribution in [0.15, 0.2) is 30.3 Å². The summed E-state index contributed by atoms with van der Waals surface area (Å²) in [5.41, 5.74) is 6.40. The largest absolute Gasteiger partial charge is 0.445 e. The van der Waals surface area contributed by atoms with E-state index in [-0.39, 0.29) is 37.4 Å². The summed E-state index contributed by atoms with van der Waals surface area (Å²) in [4.78, 5) is 37.7. The molecular formula is C21H33ClN4O4. The third-order valence-corrected chi connectivity index (χ3v) is 5.05. The zero-order valence-electron chi connectivity index (χ0n) is 17.5. The van der Waals surface area contributed by atoms with Gasteiger partial charge in [-0.15, -0.1) is 12.4 Å². The van der Waals surface area contributed by atoms with Crippen LogP contribution in [0.2, 0.25) is 0 Å². The standard InChI is InChI=1S/C21H32N4O4.ClH/c1-16-9-12-25(19(26)14-22)18(13-16)20(27)23-10-5-6-11-24-21(28)29-15-17-7-3-2-4-8-17;/h2-4,7-8,16,18H,5-6,9-15,22H2,1H3,(H,23,27)(H,24,28);1H/t16?,18-;/m0./s1. The van der Waals surface area contributed by atoms with Crippen LogP contribution in [-0.4, -0.2) is 55.0 Å². The van der Waals surface area contributed by atoms with Crippen molar-refractivity contribution in [2.24, 2.45) is 11.7 Å². The van der Waals surface area contributed by atoms with Crippen LogP contribution in [0.25, 0.3) is 0 Å². The van der Waals surface area contributed by atoms with Crippen LogP contribution < -0.4 is 16.4 Å². The number of likely N-dealkylation sites (tertiary alicyclic amines) is 1. The van der Waals surface area contributed by atoms with Crippen LogP contribution in [0.5, 0.6) is 0 Å². The molecule has 9 heteroatoms. The predicted octanol–water partition coefficient (Wildman–Crippen LogP) is 1.82. The SMILES string of the molecule is CC1CCN(C(=O)CN)[C@H](C(=O)NCCCCNC(=O)OCc2ccccc2)C1.Cl. The first-order chi connectivity index (χ1) is 14.0. The molecule has 4 N–H and O–H groups in total. The maximum Gasteiger partial charge on any atom is 0.407 e. The van der Waals surface area contributed by atoms with Gasteiger partial charge >= 0.3 is 6.09 Å². The van der Waals surface area contributed by atoms with Crippen LogP contribution in [0.1, 0.15) is 38.2 Å². The van der Waals surface area contributed by atoms with Gasteiger partial charge in [0, 0.05) is 19.6 Å². The number of ether oxygens (including phenoxy) is 1. The van der Waals surface area contributed by atoms with E-state index in [1.807, 2.05) is 30.3 Å². The first kappa shape index (κ1) is 25.7. The van der Waals surface area contributed by atoms with Crippen molar-refractivity contribution in [3.05, 3.63) is 35.9 Å². The third-order valence-electron chi connectivity index (χ3n) is 5.05. The molecule has 2 atom stereocenters. The average Bonchev–Trinajstić information content (AvgIpc) is 2.74. The number of piperidine rings is 1. The van der Waals surface area contributed by atoms with Gasteiger partial charge in [0.05, 0.1) is 6.54 Å². The van der Waals surface area contributed by atoms with Crippen LogP contribution in [0.4, 0.5) is 4.79 Å². The lowest BCUT2D eigenvalue weighted by Gasteiger charge is -2.37. The maximum atomic E-state index is 12.5. The first-order valence-electron chi connectivity index (χ1n) is 10.2. The molecule has 0 radical (unpaired) electrons. The molecule has 3 amide bonds. The number of nitrogens with two attached hydrogens (primary N) is 1. The Bertz CT molecular complexity index is 674. The lowest BCUT2D eigenvalue weighted by atomic mass is 9.91. The van der Waals surface area contributed by atoms with Gasteiger partial charge in [0.2, 0.25) is 11.8 Å². The molecule has 0 aromatic heterocycles. The zero-order valence-corrected chi connectivity index (χ0v) is 18.3. The summed E-state index contributed by atoms with van der Waals surface area (Å²) in [5, 5.41) is 5.60. The Kier molecular flexibility index (Phi) is 11.8. The van der Waals surface area contributed by atoms with Crippen molar-refractivity contribution in [1.82, 2.24) is 15.5 Å². The topological polar surface area (TPSA) is 114 Å². The Labute approximate surface area is 184 Å². The van der Waals surface area contributed by atoms with E-state index in [4.69, 9.17) is 10.5 Å². The van der Waals surface area contributed by atoms with E-state index in [1.54, 1.807) is 4.90 Å². The Hall–Kier alpha value is -2.32. The van der Waals surface area contributed by atoms with E-state index >= 15 is 0 Å². The Morgan fingerprint density at radius 3 is 2.47 bits per heavy atom. The number of unbranched alkanes of at least 4 members (excludes halogenated alkanes) is 1. The summed E-state index contributed by atoms with van der Waals surface area (Å²) in [5.74, 6) is 0.0857. The molecule has 8 nitrogen and oxygen atoms in total. The van der Waals surface area contributed by atoms with Gasteiger partial charge in [-0.25, -0.2) is 4.79 Å². The highest BCUT2D eigenvalue weighted by atomic mass is 35.5. The number of hydrogen-bond acceptors (Lipinski definition) is 5. The molecule has 168 valence electrons. The molecule has 30 heavy (non-hydrogen) atoms. The summed E-state index contributed by atoms with van der Waals surface area (Å²) >= 11 is 0. The molecule has 1 aliphatic rings. The maximum absolute atomic E-state index is 12.5. The summed E-state index contributed by atoms with van der Waals surface area (Å²) in [6.45, 7) is 3.79. The molecule has 1 aromatic carbocycles. The van der Waals surface area contributed by atoms with Crippen molar-refractivity contribution in [2.45, 2.75) is 45.3 Å². The zero-order chi connectivity index (χ0) is 21.1. The number of nitrogens with zero attached hydrogens (tertiary/aromatic N) is 1. The Morgan fingerprint density at radius 2 is 1.80 bits per heavy atom. The van der Waals surface area contributed by atoms with Gasteiger partial charge in [0.25, 0.3) is 0 Å². The molecule has 0 bridgehead atoms. The molecular weight excluding hydrogens is 408 g/mol. The van der Waals surface area contributed by atoms with E-state index < -0.39 is 12.1 Å². The van der Waals surface area contributed by atoms with Gasteiger partial charge in [-0.1, -0.05) is 37.3 Å². The van der Waals surface area contributed by atoms with E-state index in [2.05, 4.69) is 17.6 Å². The second-order valence-corrected chi connectivity index (χ2v) is 7.42. The van der Waals surface area contributed by atoms with E-state index in [0.717, 1.165) is 18.4 Å². The van der Waals surface area contributed by atoms with Gasteiger partial charge in [0.15, 0.2) is 0 Å².